The largest absolute Gasteiger partial charge is 0.497 e. The number of aromatic nitrogens is 1. The molecule has 1 aromatic heterocycles. The lowest BCUT2D eigenvalue weighted by molar-refractivity contribution is 0.102. The summed E-state index contributed by atoms with van der Waals surface area (Å²) < 4.78 is 35.6. The van der Waals surface area contributed by atoms with E-state index < -0.39 is 0 Å². The lowest BCUT2D eigenvalue weighted by atomic mass is 10.1. The second kappa shape index (κ2) is 11.8. The summed E-state index contributed by atoms with van der Waals surface area (Å²) in [5, 5.41) is 3.90. The molecule has 2 aromatic carbocycles. The molecular formula is C24H28FNO4. The highest BCUT2D eigenvalue weighted by Gasteiger charge is 2.09. The Kier molecular flexibility index (Phi) is 9.09. The SMILES string of the molecule is C=C(OC)c1cc(COCc2cc(C)on2)cc(OCc2ccccc2F)c1.CC. The lowest BCUT2D eigenvalue weighted by Gasteiger charge is -2.13. The predicted molar refractivity (Wildman–Crippen MR) is 114 cm³/mol. The molecule has 6 heteroatoms. The highest BCUT2D eigenvalue weighted by atomic mass is 19.1. The van der Waals surface area contributed by atoms with Gasteiger partial charge < -0.3 is 18.7 Å². The summed E-state index contributed by atoms with van der Waals surface area (Å²) in [6.45, 7) is 10.5. The normalized spacial score (nSPS) is 10.2. The molecule has 1 heterocycles. The molecule has 3 rings (SSSR count). The average molecular weight is 413 g/mol. The van der Waals surface area contributed by atoms with E-state index in [1.54, 1.807) is 31.4 Å². The van der Waals surface area contributed by atoms with Crippen LogP contribution in [-0.2, 0) is 29.3 Å². The molecule has 0 radical (unpaired) electrons. The third kappa shape index (κ3) is 6.74. The Balaban J connectivity index is 0.00000155. The summed E-state index contributed by atoms with van der Waals surface area (Å²) >= 11 is 0. The standard InChI is InChI=1S/C22H22FNO4.C2H6/c1-15-8-20(24-28-15)14-26-12-17-9-19(16(2)25-3)11-21(10-17)27-13-18-6-4-5-7-22(18)23;1-2/h4-11H,2,12-14H2,1,3H3;1-2H3. The minimum absolute atomic E-state index is 0.119. The van der Waals surface area contributed by atoms with Crippen molar-refractivity contribution in [2.75, 3.05) is 7.11 Å². The van der Waals surface area contributed by atoms with Gasteiger partial charge in [-0.2, -0.15) is 0 Å². The first-order valence-electron chi connectivity index (χ1n) is 9.78. The average Bonchev–Trinajstić information content (AvgIpc) is 3.19. The number of rotatable bonds is 9. The van der Waals surface area contributed by atoms with Gasteiger partial charge in [-0.3, -0.25) is 0 Å². The Morgan fingerprint density at radius 2 is 1.83 bits per heavy atom. The van der Waals surface area contributed by atoms with Gasteiger partial charge in [0.2, 0.25) is 0 Å². The topological polar surface area (TPSA) is 53.7 Å². The monoisotopic (exact) mass is 413 g/mol. The van der Waals surface area contributed by atoms with Crippen LogP contribution < -0.4 is 4.74 Å². The molecule has 0 aliphatic heterocycles. The van der Waals surface area contributed by atoms with E-state index in [4.69, 9.17) is 18.7 Å². The van der Waals surface area contributed by atoms with Crippen LogP contribution in [0.1, 0.15) is 42.0 Å². The zero-order valence-electron chi connectivity index (χ0n) is 17.9. The first-order chi connectivity index (χ1) is 14.5. The second-order valence-corrected chi connectivity index (χ2v) is 6.29. The Bertz CT molecular complexity index is 952. The molecular weight excluding hydrogens is 385 g/mol. The maximum Gasteiger partial charge on any atom is 0.134 e. The van der Waals surface area contributed by atoms with Crippen molar-refractivity contribution in [2.45, 2.75) is 40.6 Å². The maximum absolute atomic E-state index is 13.8. The van der Waals surface area contributed by atoms with Crippen LogP contribution >= 0.6 is 0 Å². The number of hydrogen-bond donors (Lipinski definition) is 0. The van der Waals surface area contributed by atoms with Crippen LogP contribution in [0.3, 0.4) is 0 Å². The molecule has 0 saturated heterocycles. The van der Waals surface area contributed by atoms with E-state index in [-0.39, 0.29) is 12.4 Å². The molecule has 0 bridgehead atoms. The zero-order chi connectivity index (χ0) is 21.9. The van der Waals surface area contributed by atoms with Gasteiger partial charge in [0, 0.05) is 17.2 Å². The fourth-order valence-corrected chi connectivity index (χ4v) is 2.64. The van der Waals surface area contributed by atoms with Crippen LogP contribution in [0.25, 0.3) is 5.76 Å². The smallest absolute Gasteiger partial charge is 0.134 e. The fraction of sp³-hybridized carbons (Fsp3) is 0.292. The second-order valence-electron chi connectivity index (χ2n) is 6.29. The van der Waals surface area contributed by atoms with Crippen LogP contribution in [0.4, 0.5) is 4.39 Å². The molecule has 3 aromatic rings. The van der Waals surface area contributed by atoms with Crippen LogP contribution in [0.5, 0.6) is 5.75 Å². The minimum Gasteiger partial charge on any atom is -0.497 e. The summed E-state index contributed by atoms with van der Waals surface area (Å²) in [5.74, 6) is 1.52. The number of nitrogens with zero attached hydrogens (tertiary/aromatic N) is 1. The molecule has 0 aliphatic rings. The van der Waals surface area contributed by atoms with Gasteiger partial charge in [-0.05, 0) is 36.8 Å². The Hall–Kier alpha value is -3.12. The number of benzene rings is 2. The Morgan fingerprint density at radius 1 is 1.07 bits per heavy atom. The summed E-state index contributed by atoms with van der Waals surface area (Å²) in [6.07, 6.45) is 0. The van der Waals surface area contributed by atoms with Crippen LogP contribution in [0.15, 0.2) is 59.6 Å². The van der Waals surface area contributed by atoms with Gasteiger partial charge in [-0.25, -0.2) is 4.39 Å². The molecule has 160 valence electrons. The maximum atomic E-state index is 13.8. The van der Waals surface area contributed by atoms with Gasteiger partial charge in [0.25, 0.3) is 0 Å². The molecule has 0 N–H and O–H groups in total. The number of hydrogen-bond acceptors (Lipinski definition) is 5. The molecule has 0 fully saturated rings. The van der Waals surface area contributed by atoms with E-state index in [9.17, 15) is 4.39 Å². The van der Waals surface area contributed by atoms with E-state index in [1.807, 2.05) is 39.0 Å². The summed E-state index contributed by atoms with van der Waals surface area (Å²) in [4.78, 5) is 0. The van der Waals surface area contributed by atoms with Crippen LogP contribution in [0.2, 0.25) is 0 Å². The van der Waals surface area contributed by atoms with Crippen molar-refractivity contribution in [3.05, 3.63) is 89.1 Å². The van der Waals surface area contributed by atoms with Crippen LogP contribution in [-0.4, -0.2) is 12.3 Å². The Labute approximate surface area is 177 Å². The Morgan fingerprint density at radius 3 is 2.50 bits per heavy atom. The van der Waals surface area contributed by atoms with E-state index >= 15 is 0 Å². The van der Waals surface area contributed by atoms with E-state index in [2.05, 4.69) is 11.7 Å². The van der Waals surface area contributed by atoms with E-state index in [0.29, 0.717) is 30.3 Å². The van der Waals surface area contributed by atoms with E-state index in [1.165, 1.54) is 6.07 Å². The summed E-state index contributed by atoms with van der Waals surface area (Å²) in [5.41, 5.74) is 2.85. The molecule has 0 atom stereocenters. The first-order valence-corrected chi connectivity index (χ1v) is 9.78. The van der Waals surface area contributed by atoms with Crippen molar-refractivity contribution in [1.29, 1.82) is 0 Å². The summed E-state index contributed by atoms with van der Waals surface area (Å²) in [6, 6.07) is 13.9. The van der Waals surface area contributed by atoms with Crippen molar-refractivity contribution < 1.29 is 23.1 Å². The van der Waals surface area contributed by atoms with Gasteiger partial charge in [-0.15, -0.1) is 0 Å². The molecule has 0 spiro atoms. The summed E-state index contributed by atoms with van der Waals surface area (Å²) in [7, 11) is 1.55. The number of methoxy groups -OCH3 is 1. The number of halogens is 1. The highest BCUT2D eigenvalue weighted by Crippen LogP contribution is 2.24. The minimum atomic E-state index is -0.300. The molecule has 30 heavy (non-hydrogen) atoms. The molecule has 0 saturated carbocycles. The fourth-order valence-electron chi connectivity index (χ4n) is 2.64. The van der Waals surface area contributed by atoms with Crippen molar-refractivity contribution >= 4 is 5.76 Å². The first kappa shape index (κ1) is 23.2. The third-order valence-corrected chi connectivity index (χ3v) is 4.08. The molecule has 5 nitrogen and oxygen atoms in total. The molecule has 0 unspecified atom stereocenters. The third-order valence-electron chi connectivity index (χ3n) is 4.08. The number of aryl methyl sites for hydroxylation is 1. The van der Waals surface area contributed by atoms with Gasteiger partial charge in [0.1, 0.15) is 35.4 Å². The zero-order valence-corrected chi connectivity index (χ0v) is 17.9. The van der Waals surface area contributed by atoms with Gasteiger partial charge in [-0.1, -0.05) is 43.8 Å². The van der Waals surface area contributed by atoms with Crippen molar-refractivity contribution in [3.63, 3.8) is 0 Å². The predicted octanol–water partition coefficient (Wildman–Crippen LogP) is 6.06. The highest BCUT2D eigenvalue weighted by molar-refractivity contribution is 5.60. The lowest BCUT2D eigenvalue weighted by Crippen LogP contribution is -2.01. The van der Waals surface area contributed by atoms with Crippen LogP contribution in [0, 0.1) is 12.7 Å². The number of ether oxygens (including phenoxy) is 3. The molecule has 0 aliphatic carbocycles. The van der Waals surface area contributed by atoms with Crippen molar-refractivity contribution in [1.82, 2.24) is 5.16 Å². The molecule has 0 amide bonds. The van der Waals surface area contributed by atoms with E-state index in [0.717, 1.165) is 22.6 Å². The van der Waals surface area contributed by atoms with Gasteiger partial charge in [0.15, 0.2) is 0 Å². The quantitative estimate of drug-likeness (QED) is 0.399. The van der Waals surface area contributed by atoms with Crippen molar-refractivity contribution in [3.8, 4) is 5.75 Å². The van der Waals surface area contributed by atoms with Gasteiger partial charge >= 0.3 is 0 Å². The van der Waals surface area contributed by atoms with Gasteiger partial charge in [0.05, 0.1) is 20.3 Å². The van der Waals surface area contributed by atoms with Crippen molar-refractivity contribution in [2.24, 2.45) is 0 Å².